The zero-order chi connectivity index (χ0) is 12.5. The highest BCUT2D eigenvalue weighted by molar-refractivity contribution is 5.82. The summed E-state index contributed by atoms with van der Waals surface area (Å²) in [5, 5.41) is 0.886. The molecule has 0 fully saturated rings. The lowest BCUT2D eigenvalue weighted by atomic mass is 10.1. The molecule has 2 aromatic heterocycles. The second kappa shape index (κ2) is 4.18. The largest absolute Gasteiger partial charge is 0.464 e. The van der Waals surface area contributed by atoms with Crippen LogP contribution in [0.25, 0.3) is 11.0 Å². The molecule has 0 saturated heterocycles. The molecule has 0 N–H and O–H groups in total. The number of hydrogen-bond donors (Lipinski definition) is 0. The van der Waals surface area contributed by atoms with Gasteiger partial charge in [0.2, 0.25) is 5.88 Å². The summed E-state index contributed by atoms with van der Waals surface area (Å²) in [5.74, 6) is 1.37. The summed E-state index contributed by atoms with van der Waals surface area (Å²) in [6, 6.07) is 9.78. The van der Waals surface area contributed by atoms with Gasteiger partial charge in [-0.3, -0.25) is 0 Å². The fourth-order valence-corrected chi connectivity index (χ4v) is 2.05. The van der Waals surface area contributed by atoms with E-state index in [1.165, 1.54) is 11.1 Å². The van der Waals surface area contributed by atoms with Crippen molar-refractivity contribution in [1.82, 2.24) is 4.98 Å². The summed E-state index contributed by atoms with van der Waals surface area (Å²) in [7, 11) is 0. The van der Waals surface area contributed by atoms with Crippen LogP contribution in [-0.4, -0.2) is 4.98 Å². The van der Waals surface area contributed by atoms with Gasteiger partial charge in [0, 0.05) is 6.20 Å². The summed E-state index contributed by atoms with van der Waals surface area (Å²) in [4.78, 5) is 4.25. The lowest BCUT2D eigenvalue weighted by molar-refractivity contribution is 0.468. The maximum absolute atomic E-state index is 5.84. The van der Waals surface area contributed by atoms with Gasteiger partial charge in [0.1, 0.15) is 11.3 Å². The van der Waals surface area contributed by atoms with Gasteiger partial charge in [-0.15, -0.1) is 0 Å². The summed E-state index contributed by atoms with van der Waals surface area (Å²) in [6.45, 7) is 4.09. The Hall–Kier alpha value is -2.29. The minimum absolute atomic E-state index is 0.575. The van der Waals surface area contributed by atoms with Crippen LogP contribution in [0.5, 0.6) is 11.6 Å². The van der Waals surface area contributed by atoms with Crippen LogP contribution in [0.1, 0.15) is 11.1 Å². The summed E-state index contributed by atoms with van der Waals surface area (Å²) >= 11 is 0. The van der Waals surface area contributed by atoms with E-state index in [-0.39, 0.29) is 0 Å². The molecule has 0 aliphatic rings. The third kappa shape index (κ3) is 1.95. The van der Waals surface area contributed by atoms with Crippen LogP contribution >= 0.6 is 0 Å². The number of nitrogens with zero attached hydrogens (tertiary/aromatic N) is 1. The third-order valence-electron chi connectivity index (χ3n) is 2.75. The Kier molecular flexibility index (Phi) is 2.52. The molecule has 0 unspecified atom stereocenters. The van der Waals surface area contributed by atoms with E-state index in [0.29, 0.717) is 5.88 Å². The molecule has 0 aliphatic heterocycles. The Balaban J connectivity index is 2.03. The quantitative estimate of drug-likeness (QED) is 0.671. The number of pyridine rings is 1. The van der Waals surface area contributed by atoms with Crippen LogP contribution in [0.2, 0.25) is 0 Å². The molecule has 0 saturated carbocycles. The van der Waals surface area contributed by atoms with Crippen LogP contribution in [0.4, 0.5) is 0 Å². The predicted molar refractivity (Wildman–Crippen MR) is 70.0 cm³/mol. The van der Waals surface area contributed by atoms with Crippen molar-refractivity contribution in [2.75, 3.05) is 0 Å². The first-order valence-electron chi connectivity index (χ1n) is 5.81. The van der Waals surface area contributed by atoms with E-state index in [1.54, 1.807) is 12.5 Å². The molecular formula is C15H13NO2. The lowest BCUT2D eigenvalue weighted by Crippen LogP contribution is -1.89. The van der Waals surface area contributed by atoms with E-state index >= 15 is 0 Å². The minimum atomic E-state index is 0.575. The van der Waals surface area contributed by atoms with Gasteiger partial charge < -0.3 is 9.15 Å². The highest BCUT2D eigenvalue weighted by atomic mass is 16.5. The molecule has 3 nitrogen and oxygen atoms in total. The highest BCUT2D eigenvalue weighted by Gasteiger charge is 2.07. The highest BCUT2D eigenvalue weighted by Crippen LogP contribution is 2.29. The fraction of sp³-hybridized carbons (Fsp3) is 0.133. The van der Waals surface area contributed by atoms with Crippen molar-refractivity contribution in [2.24, 2.45) is 0 Å². The van der Waals surface area contributed by atoms with Crippen molar-refractivity contribution in [2.45, 2.75) is 13.8 Å². The summed E-state index contributed by atoms with van der Waals surface area (Å²) < 4.78 is 11.2. The lowest BCUT2D eigenvalue weighted by Gasteiger charge is -2.07. The average Bonchev–Trinajstić information content (AvgIpc) is 2.76. The number of aryl methyl sites for hydroxylation is 2. The molecule has 0 atom stereocenters. The van der Waals surface area contributed by atoms with Crippen LogP contribution in [0.3, 0.4) is 0 Å². The second-order valence-electron chi connectivity index (χ2n) is 4.37. The Bertz CT molecular complexity index is 680. The number of rotatable bonds is 2. The standard InChI is InChI=1S/C15H13NO2/c1-10-7-11(2)9-12(8-10)18-15-13-4-6-17-14(13)3-5-16-15/h3-9H,1-2H3. The average molecular weight is 239 g/mol. The van der Waals surface area contributed by atoms with Crippen LogP contribution in [-0.2, 0) is 0 Å². The number of hydrogen-bond acceptors (Lipinski definition) is 3. The van der Waals surface area contributed by atoms with Gasteiger partial charge in [0.25, 0.3) is 0 Å². The van der Waals surface area contributed by atoms with E-state index in [9.17, 15) is 0 Å². The molecule has 2 heterocycles. The maximum Gasteiger partial charge on any atom is 0.230 e. The molecule has 0 amide bonds. The molecule has 3 aromatic rings. The zero-order valence-electron chi connectivity index (χ0n) is 10.3. The molecule has 3 rings (SSSR count). The molecule has 0 spiro atoms. The first kappa shape index (κ1) is 10.8. The van der Waals surface area contributed by atoms with Crippen molar-refractivity contribution in [3.63, 3.8) is 0 Å². The molecule has 18 heavy (non-hydrogen) atoms. The molecule has 90 valence electrons. The van der Waals surface area contributed by atoms with E-state index in [1.807, 2.05) is 38.1 Å². The summed E-state index contributed by atoms with van der Waals surface area (Å²) in [6.07, 6.45) is 3.32. The molecule has 0 aliphatic carbocycles. The number of fused-ring (bicyclic) bond motifs is 1. The van der Waals surface area contributed by atoms with Gasteiger partial charge in [-0.2, -0.15) is 0 Å². The number of benzene rings is 1. The monoisotopic (exact) mass is 239 g/mol. The Morgan fingerprint density at radius 1 is 1.06 bits per heavy atom. The molecule has 3 heteroatoms. The van der Waals surface area contributed by atoms with E-state index in [4.69, 9.17) is 9.15 Å². The van der Waals surface area contributed by atoms with Crippen LogP contribution < -0.4 is 4.74 Å². The Labute approximate surface area is 105 Å². The van der Waals surface area contributed by atoms with Crippen molar-refractivity contribution in [3.05, 3.63) is 53.9 Å². The van der Waals surface area contributed by atoms with Gasteiger partial charge in [0.05, 0.1) is 11.6 Å². The summed E-state index contributed by atoms with van der Waals surface area (Å²) in [5.41, 5.74) is 3.12. The zero-order valence-corrected chi connectivity index (χ0v) is 10.3. The van der Waals surface area contributed by atoms with E-state index in [2.05, 4.69) is 11.1 Å². The Morgan fingerprint density at radius 2 is 1.83 bits per heavy atom. The first-order chi connectivity index (χ1) is 8.72. The van der Waals surface area contributed by atoms with Gasteiger partial charge in [0.15, 0.2) is 0 Å². The second-order valence-corrected chi connectivity index (χ2v) is 4.37. The number of aromatic nitrogens is 1. The molecule has 0 radical (unpaired) electrons. The minimum Gasteiger partial charge on any atom is -0.464 e. The SMILES string of the molecule is Cc1cc(C)cc(Oc2nccc3occc23)c1. The van der Waals surface area contributed by atoms with E-state index < -0.39 is 0 Å². The predicted octanol–water partition coefficient (Wildman–Crippen LogP) is 4.24. The van der Waals surface area contributed by atoms with E-state index in [0.717, 1.165) is 16.7 Å². The van der Waals surface area contributed by atoms with Crippen molar-refractivity contribution >= 4 is 11.0 Å². The van der Waals surface area contributed by atoms with Gasteiger partial charge >= 0.3 is 0 Å². The van der Waals surface area contributed by atoms with Crippen LogP contribution in [0, 0.1) is 13.8 Å². The first-order valence-corrected chi connectivity index (χ1v) is 5.81. The molecule has 0 bridgehead atoms. The number of ether oxygens (including phenoxy) is 1. The van der Waals surface area contributed by atoms with Gasteiger partial charge in [-0.1, -0.05) is 6.07 Å². The van der Waals surface area contributed by atoms with Crippen molar-refractivity contribution in [3.8, 4) is 11.6 Å². The topological polar surface area (TPSA) is 35.3 Å². The third-order valence-corrected chi connectivity index (χ3v) is 2.75. The Morgan fingerprint density at radius 3 is 2.61 bits per heavy atom. The smallest absolute Gasteiger partial charge is 0.230 e. The van der Waals surface area contributed by atoms with Gasteiger partial charge in [-0.05, 0) is 49.2 Å². The fourth-order valence-electron chi connectivity index (χ4n) is 2.05. The molecular weight excluding hydrogens is 226 g/mol. The maximum atomic E-state index is 5.84. The number of furan rings is 1. The van der Waals surface area contributed by atoms with Crippen molar-refractivity contribution in [1.29, 1.82) is 0 Å². The van der Waals surface area contributed by atoms with Gasteiger partial charge in [-0.25, -0.2) is 4.98 Å². The molecule has 1 aromatic carbocycles. The van der Waals surface area contributed by atoms with Crippen molar-refractivity contribution < 1.29 is 9.15 Å². The van der Waals surface area contributed by atoms with Crippen LogP contribution in [0.15, 0.2) is 47.2 Å². The normalized spacial score (nSPS) is 10.8.